The molecule has 10 nitrogen and oxygen atoms in total. The van der Waals surface area contributed by atoms with Gasteiger partial charge in [0, 0.05) is 37.3 Å². The number of aryl methyl sites for hydroxylation is 2. The molecule has 3 aromatic heterocycles. The Morgan fingerprint density at radius 2 is 2.14 bits per heavy atom. The normalized spacial score (nSPS) is 17.5. The molecule has 2 N–H and O–H groups in total. The van der Waals surface area contributed by atoms with Gasteiger partial charge in [0.05, 0.1) is 42.0 Å². The van der Waals surface area contributed by atoms with Crippen molar-refractivity contribution in [1.29, 1.82) is 5.26 Å². The summed E-state index contributed by atoms with van der Waals surface area (Å²) in [4.78, 5) is 27.0. The lowest BCUT2D eigenvalue weighted by Gasteiger charge is -2.20. The predicted octanol–water partition coefficient (Wildman–Crippen LogP) is 3.34. The monoisotopic (exact) mass is 487 g/mol. The summed E-state index contributed by atoms with van der Waals surface area (Å²) in [6, 6.07) is 8.96. The van der Waals surface area contributed by atoms with Crippen LogP contribution in [-0.4, -0.2) is 57.2 Å². The number of furan rings is 1. The van der Waals surface area contributed by atoms with Crippen LogP contribution in [-0.2, 0) is 0 Å². The van der Waals surface area contributed by atoms with Gasteiger partial charge in [-0.1, -0.05) is 0 Å². The van der Waals surface area contributed by atoms with E-state index in [0.29, 0.717) is 63.4 Å². The second-order valence-electron chi connectivity index (χ2n) is 9.06. The van der Waals surface area contributed by atoms with E-state index in [1.54, 1.807) is 60.0 Å². The number of aromatic nitrogens is 2. The number of nitrogens with zero attached hydrogens (tertiary/aromatic N) is 4. The molecule has 36 heavy (non-hydrogen) atoms. The molecule has 10 heteroatoms. The van der Waals surface area contributed by atoms with Crippen LogP contribution in [0.5, 0.6) is 11.5 Å². The number of ether oxygens (including phenoxy) is 1. The van der Waals surface area contributed by atoms with Crippen LogP contribution in [0.2, 0.25) is 0 Å². The Morgan fingerprint density at radius 3 is 2.89 bits per heavy atom. The van der Waals surface area contributed by atoms with Gasteiger partial charge in [-0.3, -0.25) is 9.59 Å². The average Bonchev–Trinajstić information content (AvgIpc) is 3.51. The van der Waals surface area contributed by atoms with E-state index in [9.17, 15) is 14.7 Å². The number of hydrogen-bond donors (Lipinski definition) is 2. The third-order valence-electron chi connectivity index (χ3n) is 6.67. The maximum absolute atomic E-state index is 13.3. The minimum atomic E-state index is -1.18. The van der Waals surface area contributed by atoms with E-state index in [0.717, 1.165) is 0 Å². The topological polar surface area (TPSA) is 133 Å². The molecule has 1 aliphatic rings. The second kappa shape index (κ2) is 8.70. The van der Waals surface area contributed by atoms with E-state index in [4.69, 9.17) is 14.4 Å². The standard InChI is InChI=1S/C26H25N5O5/c1-15-19(25(33)30-11-8-26(34,14-30)7-9-27)13-31-23(15)20(6-10-29-31)36-17-4-5-18-21(12-17)35-16(2)22(18)24(32)28-3/h4-6,10,12-13,34H,7-8,11,14H2,1-3H3,(H,28,32)/t26-/m0/s1. The zero-order chi connectivity index (χ0) is 25.6. The summed E-state index contributed by atoms with van der Waals surface area (Å²) in [6.45, 7) is 4.05. The van der Waals surface area contributed by atoms with Gasteiger partial charge in [-0.05, 0) is 38.0 Å². The average molecular weight is 488 g/mol. The van der Waals surface area contributed by atoms with E-state index in [1.165, 1.54) is 0 Å². The van der Waals surface area contributed by atoms with E-state index in [-0.39, 0.29) is 24.8 Å². The Balaban J connectivity index is 1.46. The summed E-state index contributed by atoms with van der Waals surface area (Å²) in [5.41, 5.74) is 1.61. The SMILES string of the molecule is CNC(=O)c1c(C)oc2cc(Oc3ccnn4cc(C(=O)N5CC[C@@](O)(CC#N)C5)c(C)c34)ccc12. The molecule has 4 aromatic rings. The highest BCUT2D eigenvalue weighted by molar-refractivity contribution is 6.07. The Morgan fingerprint density at radius 1 is 1.33 bits per heavy atom. The summed E-state index contributed by atoms with van der Waals surface area (Å²) in [5.74, 6) is 1.07. The highest BCUT2D eigenvalue weighted by Crippen LogP contribution is 2.35. The van der Waals surface area contributed by atoms with Gasteiger partial charge in [0.15, 0.2) is 5.75 Å². The quantitative estimate of drug-likeness (QED) is 0.441. The molecule has 1 fully saturated rings. The maximum atomic E-state index is 13.3. The van der Waals surface area contributed by atoms with Gasteiger partial charge in [-0.2, -0.15) is 10.4 Å². The van der Waals surface area contributed by atoms with Crippen LogP contribution in [0.25, 0.3) is 16.5 Å². The molecule has 1 atom stereocenters. The first kappa shape index (κ1) is 23.4. The first-order valence-corrected chi connectivity index (χ1v) is 11.5. The minimum Gasteiger partial charge on any atom is -0.460 e. The van der Waals surface area contributed by atoms with Crippen molar-refractivity contribution < 1.29 is 23.8 Å². The molecule has 0 unspecified atom stereocenters. The zero-order valence-corrected chi connectivity index (χ0v) is 20.2. The van der Waals surface area contributed by atoms with E-state index in [2.05, 4.69) is 10.4 Å². The molecule has 0 bridgehead atoms. The van der Waals surface area contributed by atoms with Crippen molar-refractivity contribution >= 4 is 28.3 Å². The largest absolute Gasteiger partial charge is 0.460 e. The van der Waals surface area contributed by atoms with Crippen LogP contribution >= 0.6 is 0 Å². The lowest BCUT2D eigenvalue weighted by molar-refractivity contribution is 0.0477. The second-order valence-corrected chi connectivity index (χ2v) is 9.06. The van der Waals surface area contributed by atoms with Gasteiger partial charge in [-0.25, -0.2) is 4.52 Å². The summed E-state index contributed by atoms with van der Waals surface area (Å²) in [6.07, 6.45) is 3.58. The number of nitriles is 1. The number of fused-ring (bicyclic) bond motifs is 2. The Bertz CT molecular complexity index is 1560. The molecule has 4 heterocycles. The fourth-order valence-corrected chi connectivity index (χ4v) is 4.81. The molecule has 5 rings (SSSR count). The highest BCUT2D eigenvalue weighted by Gasteiger charge is 2.39. The molecule has 1 aliphatic heterocycles. The van der Waals surface area contributed by atoms with Crippen molar-refractivity contribution in [3.05, 3.63) is 59.1 Å². The first-order chi connectivity index (χ1) is 17.2. The minimum absolute atomic E-state index is 0.0167. The van der Waals surface area contributed by atoms with Crippen LogP contribution in [0.1, 0.15) is 44.9 Å². The smallest absolute Gasteiger partial charge is 0.255 e. The van der Waals surface area contributed by atoms with E-state index < -0.39 is 5.60 Å². The van der Waals surface area contributed by atoms with Crippen LogP contribution in [0.15, 0.2) is 41.1 Å². The van der Waals surface area contributed by atoms with Crippen molar-refractivity contribution in [2.75, 3.05) is 20.1 Å². The summed E-state index contributed by atoms with van der Waals surface area (Å²) in [7, 11) is 1.57. The van der Waals surface area contributed by atoms with Crippen LogP contribution in [0.3, 0.4) is 0 Å². The van der Waals surface area contributed by atoms with Crippen molar-refractivity contribution in [1.82, 2.24) is 19.8 Å². The number of β-amino-alcohol motifs (C(OH)–C–C–N with tert-alkyl or cyclic N) is 1. The summed E-state index contributed by atoms with van der Waals surface area (Å²) >= 11 is 0. The number of amides is 2. The van der Waals surface area contributed by atoms with E-state index >= 15 is 0 Å². The van der Waals surface area contributed by atoms with Crippen molar-refractivity contribution in [3.63, 3.8) is 0 Å². The van der Waals surface area contributed by atoms with Gasteiger partial charge in [0.25, 0.3) is 11.8 Å². The number of rotatable bonds is 5. The third-order valence-corrected chi connectivity index (χ3v) is 6.67. The molecule has 2 amide bonds. The number of carbonyl (C=O) groups is 2. The number of aliphatic hydroxyl groups is 1. The van der Waals surface area contributed by atoms with Crippen LogP contribution in [0.4, 0.5) is 0 Å². The summed E-state index contributed by atoms with van der Waals surface area (Å²) in [5, 5.41) is 27.1. The first-order valence-electron chi connectivity index (χ1n) is 11.5. The fourth-order valence-electron chi connectivity index (χ4n) is 4.81. The van der Waals surface area contributed by atoms with Gasteiger partial charge >= 0.3 is 0 Å². The zero-order valence-electron chi connectivity index (χ0n) is 20.2. The number of carbonyl (C=O) groups excluding carboxylic acids is 2. The molecule has 0 radical (unpaired) electrons. The molecular weight excluding hydrogens is 462 g/mol. The lowest BCUT2D eigenvalue weighted by atomic mass is 10.0. The van der Waals surface area contributed by atoms with Crippen LogP contribution in [0, 0.1) is 25.2 Å². The van der Waals surface area contributed by atoms with Crippen LogP contribution < -0.4 is 10.1 Å². The Kier molecular flexibility index (Phi) is 5.65. The van der Waals surface area contributed by atoms with Gasteiger partial charge in [0.1, 0.15) is 22.6 Å². The number of nitrogens with one attached hydrogen (secondary N) is 1. The Labute approximate surface area is 206 Å². The maximum Gasteiger partial charge on any atom is 0.255 e. The third kappa shape index (κ3) is 3.83. The lowest BCUT2D eigenvalue weighted by Crippen LogP contribution is -2.35. The molecular formula is C26H25N5O5. The fraction of sp³-hybridized carbons (Fsp3) is 0.308. The molecule has 0 spiro atoms. The Hall–Kier alpha value is -4.36. The van der Waals surface area contributed by atoms with E-state index in [1.807, 2.05) is 13.0 Å². The molecule has 1 aromatic carbocycles. The molecule has 1 saturated heterocycles. The molecule has 184 valence electrons. The van der Waals surface area contributed by atoms with Crippen molar-refractivity contribution in [2.24, 2.45) is 0 Å². The highest BCUT2D eigenvalue weighted by atomic mass is 16.5. The van der Waals surface area contributed by atoms with Crippen molar-refractivity contribution in [3.8, 4) is 17.6 Å². The number of benzene rings is 1. The van der Waals surface area contributed by atoms with Gasteiger partial charge < -0.3 is 24.5 Å². The summed E-state index contributed by atoms with van der Waals surface area (Å²) < 4.78 is 13.6. The van der Waals surface area contributed by atoms with Crippen molar-refractivity contribution in [2.45, 2.75) is 32.3 Å². The van der Waals surface area contributed by atoms with Gasteiger partial charge in [0.2, 0.25) is 0 Å². The predicted molar refractivity (Wildman–Crippen MR) is 130 cm³/mol. The molecule has 0 aliphatic carbocycles. The number of likely N-dealkylation sites (tertiary alicyclic amines) is 1. The molecule has 0 saturated carbocycles. The number of hydrogen-bond acceptors (Lipinski definition) is 7. The van der Waals surface area contributed by atoms with Gasteiger partial charge in [-0.15, -0.1) is 0 Å².